The number of aliphatic imine (C=N–C) groups is 1. The van der Waals surface area contributed by atoms with E-state index in [1.807, 2.05) is 18.6 Å². The van der Waals surface area contributed by atoms with Crippen LogP contribution in [0.25, 0.3) is 27.4 Å². The second-order valence-electron chi connectivity index (χ2n) is 7.25. The average Bonchev–Trinajstić information content (AvgIpc) is 3.40. The minimum atomic E-state index is -0.0594. The number of aromatic nitrogens is 1. The van der Waals surface area contributed by atoms with Crippen LogP contribution in [0.15, 0.2) is 96.5 Å². The molecule has 0 aliphatic carbocycles. The maximum atomic E-state index is 4.61. The van der Waals surface area contributed by atoms with Gasteiger partial charge in [-0.05, 0) is 35.0 Å². The highest BCUT2D eigenvalue weighted by atomic mass is 15.4. The Hall–Kier alpha value is -3.99. The van der Waals surface area contributed by atoms with E-state index in [0.717, 1.165) is 22.7 Å². The van der Waals surface area contributed by atoms with Crippen molar-refractivity contribution in [3.63, 3.8) is 0 Å². The van der Waals surface area contributed by atoms with Crippen LogP contribution in [0.3, 0.4) is 0 Å². The zero-order chi connectivity index (χ0) is 19.2. The number of hydrogen-bond donors (Lipinski definition) is 3. The number of nitrogens with one attached hydrogen (secondary N) is 3. The quantitative estimate of drug-likeness (QED) is 0.468. The van der Waals surface area contributed by atoms with E-state index >= 15 is 0 Å². The van der Waals surface area contributed by atoms with Gasteiger partial charge in [0.05, 0.1) is 5.70 Å². The smallest absolute Gasteiger partial charge is 0.163 e. The summed E-state index contributed by atoms with van der Waals surface area (Å²) in [6, 6.07) is 23.3. The number of aromatic amines is 1. The topological polar surface area (TPSA) is 55.4 Å². The normalized spacial score (nSPS) is 17.8. The van der Waals surface area contributed by atoms with Gasteiger partial charge in [0, 0.05) is 47.0 Å². The summed E-state index contributed by atoms with van der Waals surface area (Å²) in [6.45, 7) is 0. The van der Waals surface area contributed by atoms with Gasteiger partial charge in [-0.3, -0.25) is 0 Å². The van der Waals surface area contributed by atoms with E-state index in [1.54, 1.807) is 0 Å². The van der Waals surface area contributed by atoms with E-state index in [1.165, 1.54) is 21.7 Å². The Kier molecular flexibility index (Phi) is 3.46. The van der Waals surface area contributed by atoms with Crippen LogP contribution >= 0.6 is 0 Å². The third-order valence-electron chi connectivity index (χ3n) is 5.53. The van der Waals surface area contributed by atoms with E-state index in [-0.39, 0.29) is 6.17 Å². The summed E-state index contributed by atoms with van der Waals surface area (Å²) in [5.74, 6) is 0.869. The van der Waals surface area contributed by atoms with Crippen LogP contribution in [-0.4, -0.2) is 21.9 Å². The van der Waals surface area contributed by atoms with Gasteiger partial charge in [0.15, 0.2) is 6.17 Å². The van der Waals surface area contributed by atoms with Crippen molar-refractivity contribution in [1.29, 1.82) is 0 Å². The van der Waals surface area contributed by atoms with E-state index in [0.29, 0.717) is 0 Å². The summed E-state index contributed by atoms with van der Waals surface area (Å²) in [7, 11) is 0. The molecule has 0 spiro atoms. The molecule has 1 atom stereocenters. The molecule has 4 aromatic rings. The fraction of sp³-hybridized carbons (Fsp3) is 0.0417. The lowest BCUT2D eigenvalue weighted by Crippen LogP contribution is -2.45. The first-order valence-corrected chi connectivity index (χ1v) is 9.68. The van der Waals surface area contributed by atoms with Gasteiger partial charge in [-0.1, -0.05) is 42.5 Å². The van der Waals surface area contributed by atoms with Gasteiger partial charge < -0.3 is 20.5 Å². The summed E-state index contributed by atoms with van der Waals surface area (Å²) >= 11 is 0. The zero-order valence-corrected chi connectivity index (χ0v) is 15.6. The summed E-state index contributed by atoms with van der Waals surface area (Å²) in [5, 5.41) is 10.6. The minimum Gasteiger partial charge on any atom is -0.363 e. The molecule has 0 amide bonds. The van der Waals surface area contributed by atoms with Crippen molar-refractivity contribution in [3.05, 3.63) is 97.1 Å². The lowest BCUT2D eigenvalue weighted by Gasteiger charge is -2.30. The number of nitrogens with zero attached hydrogens (tertiary/aromatic N) is 2. The highest BCUT2D eigenvalue weighted by Crippen LogP contribution is 2.32. The van der Waals surface area contributed by atoms with Gasteiger partial charge in [-0.2, -0.15) is 0 Å². The Morgan fingerprint density at radius 2 is 1.86 bits per heavy atom. The fourth-order valence-electron chi connectivity index (χ4n) is 4.13. The molecule has 3 aromatic carbocycles. The molecule has 2 aliphatic heterocycles. The summed E-state index contributed by atoms with van der Waals surface area (Å²) in [5.41, 5.74) is 4.49. The van der Waals surface area contributed by atoms with Crippen molar-refractivity contribution >= 4 is 38.9 Å². The molecule has 5 nitrogen and oxygen atoms in total. The van der Waals surface area contributed by atoms with Crippen molar-refractivity contribution in [2.24, 2.45) is 4.99 Å². The van der Waals surface area contributed by atoms with Gasteiger partial charge in [0.2, 0.25) is 0 Å². The molecule has 0 radical (unpaired) electrons. The lowest BCUT2D eigenvalue weighted by atomic mass is 10.0. The Morgan fingerprint density at radius 3 is 2.86 bits per heavy atom. The van der Waals surface area contributed by atoms with E-state index < -0.39 is 0 Å². The van der Waals surface area contributed by atoms with E-state index in [4.69, 9.17) is 0 Å². The molecular weight excluding hydrogens is 358 g/mol. The van der Waals surface area contributed by atoms with Crippen molar-refractivity contribution in [2.75, 3.05) is 5.32 Å². The van der Waals surface area contributed by atoms with Gasteiger partial charge in [0.25, 0.3) is 0 Å². The molecule has 3 N–H and O–H groups in total. The fourth-order valence-corrected chi connectivity index (χ4v) is 4.13. The van der Waals surface area contributed by atoms with Gasteiger partial charge in [-0.15, -0.1) is 0 Å². The molecule has 1 aromatic heterocycles. The van der Waals surface area contributed by atoms with Crippen LogP contribution in [0.5, 0.6) is 0 Å². The van der Waals surface area contributed by atoms with Gasteiger partial charge in [0.1, 0.15) is 5.84 Å². The third kappa shape index (κ3) is 2.59. The van der Waals surface area contributed by atoms with Crippen LogP contribution in [0.1, 0.15) is 5.56 Å². The molecule has 0 saturated carbocycles. The molecule has 0 bridgehead atoms. The van der Waals surface area contributed by atoms with Crippen LogP contribution < -0.4 is 10.6 Å². The standard InChI is InChI=1S/C24H19N5/c1-2-6-19-16(4-1)5-3-7-20(19)22-15-27-24-23(26-12-13-29(22)24)28-18-8-9-21-17(14-18)10-11-25-21/h1-15,24-25,27H,(H,26,28). The number of fused-ring (bicyclic) bond motifs is 3. The largest absolute Gasteiger partial charge is 0.363 e. The number of H-pyrrole nitrogens is 1. The predicted molar refractivity (Wildman–Crippen MR) is 119 cm³/mol. The molecule has 6 rings (SSSR count). The average molecular weight is 377 g/mol. The van der Waals surface area contributed by atoms with Crippen molar-refractivity contribution in [3.8, 4) is 0 Å². The lowest BCUT2D eigenvalue weighted by molar-refractivity contribution is 0.462. The maximum absolute atomic E-state index is 4.61. The number of benzene rings is 3. The van der Waals surface area contributed by atoms with Crippen LogP contribution in [0.2, 0.25) is 0 Å². The SMILES string of the molecule is C1=CN2C(c3cccc4ccccc34)=CNC2C(Nc2ccc3[nH]ccc3c2)=N1. The molecule has 0 saturated heterocycles. The zero-order valence-electron chi connectivity index (χ0n) is 15.6. The highest BCUT2D eigenvalue weighted by Gasteiger charge is 2.31. The number of amidine groups is 1. The second kappa shape index (κ2) is 6.27. The number of rotatable bonds is 2. The molecule has 1 unspecified atom stereocenters. The Labute approximate surface area is 168 Å². The Bertz CT molecular complexity index is 1320. The molecule has 5 heteroatoms. The first-order valence-electron chi connectivity index (χ1n) is 9.68. The molecule has 140 valence electrons. The van der Waals surface area contributed by atoms with E-state index in [9.17, 15) is 0 Å². The molecule has 3 heterocycles. The Balaban J connectivity index is 1.32. The number of anilines is 1. The second-order valence-corrected chi connectivity index (χ2v) is 7.25. The highest BCUT2D eigenvalue weighted by molar-refractivity contribution is 6.04. The summed E-state index contributed by atoms with van der Waals surface area (Å²) < 4.78 is 0. The molecule has 2 aliphatic rings. The van der Waals surface area contributed by atoms with Crippen LogP contribution in [0.4, 0.5) is 5.69 Å². The first kappa shape index (κ1) is 16.0. The monoisotopic (exact) mass is 377 g/mol. The number of hydrogen-bond acceptors (Lipinski definition) is 4. The summed E-state index contributed by atoms with van der Waals surface area (Å²) in [6.07, 6.45) is 7.85. The van der Waals surface area contributed by atoms with Crippen molar-refractivity contribution < 1.29 is 0 Å². The minimum absolute atomic E-state index is 0.0594. The molecule has 0 fully saturated rings. The van der Waals surface area contributed by atoms with Crippen LogP contribution in [-0.2, 0) is 0 Å². The summed E-state index contributed by atoms with van der Waals surface area (Å²) in [4.78, 5) is 10.1. The van der Waals surface area contributed by atoms with E-state index in [2.05, 4.69) is 98.4 Å². The van der Waals surface area contributed by atoms with Crippen molar-refractivity contribution in [2.45, 2.75) is 6.17 Å². The van der Waals surface area contributed by atoms with Crippen LogP contribution in [0, 0.1) is 0 Å². The van der Waals surface area contributed by atoms with Gasteiger partial charge in [-0.25, -0.2) is 4.99 Å². The first-order chi connectivity index (χ1) is 14.4. The predicted octanol–water partition coefficient (Wildman–Crippen LogP) is 4.85. The molecule has 29 heavy (non-hydrogen) atoms. The van der Waals surface area contributed by atoms with Gasteiger partial charge >= 0.3 is 0 Å². The third-order valence-corrected chi connectivity index (χ3v) is 5.53. The maximum Gasteiger partial charge on any atom is 0.163 e. The Morgan fingerprint density at radius 1 is 0.931 bits per heavy atom. The van der Waals surface area contributed by atoms with Crippen molar-refractivity contribution in [1.82, 2.24) is 15.2 Å². The molecular formula is C24H19N5.